The minimum Gasteiger partial charge on any atom is -0.372 e. The standard InChI is InChI=1S/C28H31N/c1-5-21-22(6-2)27-23-12-10-9-11-18(23)16-26(27)28-24-14-13-20(29(7-3)8-4)15-19(24)17-25(21)28/h9-15H,5-8,16-17H2,1-4H3. The van der Waals surface area contributed by atoms with Gasteiger partial charge in [-0.3, -0.25) is 0 Å². The van der Waals surface area contributed by atoms with E-state index in [9.17, 15) is 0 Å². The van der Waals surface area contributed by atoms with E-state index in [2.05, 4.69) is 75.1 Å². The maximum absolute atomic E-state index is 2.46. The molecule has 2 aliphatic rings. The molecule has 0 fully saturated rings. The zero-order valence-electron chi connectivity index (χ0n) is 18.2. The molecule has 0 atom stereocenters. The lowest BCUT2D eigenvalue weighted by Gasteiger charge is -2.22. The molecule has 148 valence electrons. The van der Waals surface area contributed by atoms with Crippen LogP contribution in [0.4, 0.5) is 5.69 Å². The molecule has 5 rings (SSSR count). The molecule has 0 aromatic heterocycles. The molecule has 0 aliphatic heterocycles. The van der Waals surface area contributed by atoms with Gasteiger partial charge < -0.3 is 4.90 Å². The summed E-state index contributed by atoms with van der Waals surface area (Å²) in [5.41, 5.74) is 16.9. The van der Waals surface area contributed by atoms with Crippen LogP contribution in [0.2, 0.25) is 0 Å². The topological polar surface area (TPSA) is 3.24 Å². The first-order chi connectivity index (χ1) is 14.2. The molecule has 0 bridgehead atoms. The summed E-state index contributed by atoms with van der Waals surface area (Å²) in [6.07, 6.45) is 4.42. The second kappa shape index (κ2) is 7.06. The predicted molar refractivity (Wildman–Crippen MR) is 125 cm³/mol. The summed E-state index contributed by atoms with van der Waals surface area (Å²) in [6.45, 7) is 11.3. The smallest absolute Gasteiger partial charge is 0.0369 e. The average molecular weight is 382 g/mol. The highest BCUT2D eigenvalue weighted by atomic mass is 15.1. The molecule has 3 aromatic rings. The van der Waals surface area contributed by atoms with Gasteiger partial charge in [-0.2, -0.15) is 0 Å². The third kappa shape index (κ3) is 2.60. The van der Waals surface area contributed by atoms with E-state index in [0.717, 1.165) is 38.8 Å². The van der Waals surface area contributed by atoms with Gasteiger partial charge in [-0.25, -0.2) is 0 Å². The van der Waals surface area contributed by atoms with E-state index in [1.807, 2.05) is 0 Å². The van der Waals surface area contributed by atoms with Crippen molar-refractivity contribution < 1.29 is 0 Å². The molecule has 0 spiro atoms. The van der Waals surface area contributed by atoms with Crippen LogP contribution in [0.15, 0.2) is 42.5 Å². The van der Waals surface area contributed by atoms with Crippen LogP contribution in [0.3, 0.4) is 0 Å². The van der Waals surface area contributed by atoms with Crippen molar-refractivity contribution in [2.75, 3.05) is 18.0 Å². The Morgan fingerprint density at radius 3 is 2.10 bits per heavy atom. The summed E-state index contributed by atoms with van der Waals surface area (Å²) in [4.78, 5) is 2.46. The minimum absolute atomic E-state index is 1.06. The molecule has 3 aromatic carbocycles. The Bertz CT molecular complexity index is 1100. The van der Waals surface area contributed by atoms with E-state index < -0.39 is 0 Å². The van der Waals surface area contributed by atoms with Crippen molar-refractivity contribution in [1.82, 2.24) is 0 Å². The van der Waals surface area contributed by atoms with Gasteiger partial charge in [0.25, 0.3) is 0 Å². The first kappa shape index (κ1) is 18.5. The van der Waals surface area contributed by atoms with Gasteiger partial charge in [0.2, 0.25) is 0 Å². The van der Waals surface area contributed by atoms with E-state index in [1.54, 1.807) is 33.4 Å². The Morgan fingerprint density at radius 1 is 0.690 bits per heavy atom. The van der Waals surface area contributed by atoms with Crippen molar-refractivity contribution in [2.24, 2.45) is 0 Å². The van der Waals surface area contributed by atoms with Crippen molar-refractivity contribution in [1.29, 1.82) is 0 Å². The van der Waals surface area contributed by atoms with E-state index >= 15 is 0 Å². The third-order valence-electron chi connectivity index (χ3n) is 7.15. The lowest BCUT2D eigenvalue weighted by molar-refractivity contribution is 0.865. The molecular formula is C28H31N. The number of hydrogen-bond donors (Lipinski definition) is 0. The fraction of sp³-hybridized carbons (Fsp3) is 0.357. The molecule has 0 unspecified atom stereocenters. The first-order valence-corrected chi connectivity index (χ1v) is 11.4. The average Bonchev–Trinajstić information content (AvgIpc) is 3.31. The summed E-state index contributed by atoms with van der Waals surface area (Å²) in [5, 5.41) is 0. The van der Waals surface area contributed by atoms with Crippen LogP contribution >= 0.6 is 0 Å². The van der Waals surface area contributed by atoms with Gasteiger partial charge in [0.1, 0.15) is 0 Å². The maximum Gasteiger partial charge on any atom is 0.0369 e. The van der Waals surface area contributed by atoms with Gasteiger partial charge in [0.15, 0.2) is 0 Å². The van der Waals surface area contributed by atoms with Gasteiger partial charge in [-0.05, 0) is 107 Å². The highest BCUT2D eigenvalue weighted by molar-refractivity contribution is 5.93. The molecule has 0 amide bonds. The lowest BCUT2D eigenvalue weighted by atomic mass is 9.84. The summed E-state index contributed by atoms with van der Waals surface area (Å²) in [5.74, 6) is 0. The Kier molecular flexibility index (Phi) is 4.50. The van der Waals surface area contributed by atoms with E-state index in [-0.39, 0.29) is 0 Å². The third-order valence-corrected chi connectivity index (χ3v) is 7.15. The largest absolute Gasteiger partial charge is 0.372 e. The quantitative estimate of drug-likeness (QED) is 0.323. The van der Waals surface area contributed by atoms with E-state index in [1.165, 1.54) is 27.9 Å². The van der Waals surface area contributed by atoms with E-state index in [4.69, 9.17) is 0 Å². The Labute approximate surface area is 175 Å². The maximum atomic E-state index is 2.46. The molecule has 0 heterocycles. The van der Waals surface area contributed by atoms with Crippen molar-refractivity contribution in [3.8, 4) is 22.3 Å². The number of anilines is 1. The van der Waals surface area contributed by atoms with Crippen LogP contribution in [-0.4, -0.2) is 13.1 Å². The van der Waals surface area contributed by atoms with Crippen LogP contribution in [0, 0.1) is 0 Å². The molecule has 29 heavy (non-hydrogen) atoms. The predicted octanol–water partition coefficient (Wildman–Crippen LogP) is 6.80. The second-order valence-electron chi connectivity index (χ2n) is 8.40. The number of hydrogen-bond acceptors (Lipinski definition) is 1. The zero-order valence-corrected chi connectivity index (χ0v) is 18.2. The van der Waals surface area contributed by atoms with Crippen molar-refractivity contribution in [3.63, 3.8) is 0 Å². The molecular weight excluding hydrogens is 350 g/mol. The Morgan fingerprint density at radius 2 is 1.38 bits per heavy atom. The molecule has 0 saturated heterocycles. The Balaban J connectivity index is 1.76. The van der Waals surface area contributed by atoms with Crippen LogP contribution in [0.25, 0.3) is 22.3 Å². The SMILES string of the molecule is CCc1c(CC)c2c(c3c1Cc1cc(N(CC)CC)ccc1-3)Cc1ccccc1-2. The van der Waals surface area contributed by atoms with Gasteiger partial charge in [-0.1, -0.05) is 44.2 Å². The lowest BCUT2D eigenvalue weighted by Crippen LogP contribution is -2.21. The van der Waals surface area contributed by atoms with Crippen LogP contribution in [0.5, 0.6) is 0 Å². The molecule has 1 nitrogen and oxygen atoms in total. The van der Waals surface area contributed by atoms with Crippen molar-refractivity contribution in [2.45, 2.75) is 53.4 Å². The number of benzene rings is 3. The monoisotopic (exact) mass is 381 g/mol. The highest BCUT2D eigenvalue weighted by Crippen LogP contribution is 2.51. The Hall–Kier alpha value is -2.54. The van der Waals surface area contributed by atoms with Gasteiger partial charge >= 0.3 is 0 Å². The number of nitrogens with zero attached hydrogens (tertiary/aromatic N) is 1. The van der Waals surface area contributed by atoms with Crippen LogP contribution in [0.1, 0.15) is 61.1 Å². The first-order valence-electron chi connectivity index (χ1n) is 11.4. The normalized spacial score (nSPS) is 13.1. The summed E-state index contributed by atoms with van der Waals surface area (Å²) in [6, 6.07) is 16.3. The molecule has 2 aliphatic carbocycles. The van der Waals surface area contributed by atoms with E-state index in [0.29, 0.717) is 0 Å². The zero-order chi connectivity index (χ0) is 20.1. The van der Waals surface area contributed by atoms with Crippen LogP contribution in [-0.2, 0) is 25.7 Å². The summed E-state index contributed by atoms with van der Waals surface area (Å²) >= 11 is 0. The summed E-state index contributed by atoms with van der Waals surface area (Å²) in [7, 11) is 0. The number of fused-ring (bicyclic) bond motifs is 7. The van der Waals surface area contributed by atoms with Gasteiger partial charge in [0, 0.05) is 18.8 Å². The van der Waals surface area contributed by atoms with Crippen molar-refractivity contribution in [3.05, 3.63) is 75.8 Å². The molecule has 0 N–H and O–H groups in total. The molecule has 1 heteroatoms. The second-order valence-corrected chi connectivity index (χ2v) is 8.40. The van der Waals surface area contributed by atoms with Crippen molar-refractivity contribution >= 4 is 5.69 Å². The molecule has 0 saturated carbocycles. The van der Waals surface area contributed by atoms with Gasteiger partial charge in [-0.15, -0.1) is 0 Å². The molecule has 0 radical (unpaired) electrons. The fourth-order valence-electron chi connectivity index (χ4n) is 5.87. The number of rotatable bonds is 5. The van der Waals surface area contributed by atoms with Crippen LogP contribution < -0.4 is 4.90 Å². The highest BCUT2D eigenvalue weighted by Gasteiger charge is 2.32. The summed E-state index contributed by atoms with van der Waals surface area (Å²) < 4.78 is 0. The van der Waals surface area contributed by atoms with Gasteiger partial charge in [0.05, 0.1) is 0 Å². The fourth-order valence-corrected chi connectivity index (χ4v) is 5.87. The minimum atomic E-state index is 1.06.